The lowest BCUT2D eigenvalue weighted by molar-refractivity contribution is 0.131. The SMILES string of the molecule is Cc1cccc(N(c2cccc(C)c2)c2ccc3c(c2)C(O)(c2ccccc2-c2ccc4ccccc4n2)c2cc(N(c4cccc(C)c4)c4cccc(C)c4)ccc2-3)c1. The number of hydrogen-bond acceptors (Lipinski definition) is 4. The highest BCUT2D eigenvalue weighted by atomic mass is 16.3. The fraction of sp³-hybridized carbons (Fsp3) is 0.0893. The molecule has 0 aliphatic heterocycles. The zero-order chi connectivity index (χ0) is 41.0. The summed E-state index contributed by atoms with van der Waals surface area (Å²) in [6.07, 6.45) is 0. The van der Waals surface area contributed by atoms with Crippen molar-refractivity contribution in [2.45, 2.75) is 33.3 Å². The van der Waals surface area contributed by atoms with Crippen LogP contribution in [0.3, 0.4) is 0 Å². The third-order valence-electron chi connectivity index (χ3n) is 11.8. The summed E-state index contributed by atoms with van der Waals surface area (Å²) in [5.41, 5.74) is 16.3. The lowest BCUT2D eigenvalue weighted by Gasteiger charge is -2.32. The Bertz CT molecular complexity index is 2860. The van der Waals surface area contributed by atoms with Gasteiger partial charge < -0.3 is 14.9 Å². The number of para-hydroxylation sites is 1. The molecule has 0 radical (unpaired) electrons. The lowest BCUT2D eigenvalue weighted by atomic mass is 9.80. The largest absolute Gasteiger partial charge is 0.376 e. The predicted octanol–water partition coefficient (Wildman–Crippen LogP) is 14.3. The molecule has 9 aromatic rings. The van der Waals surface area contributed by atoms with E-state index < -0.39 is 5.60 Å². The van der Waals surface area contributed by atoms with Crippen LogP contribution < -0.4 is 9.80 Å². The van der Waals surface area contributed by atoms with E-state index in [9.17, 15) is 5.11 Å². The Hall–Kier alpha value is -7.27. The zero-order valence-corrected chi connectivity index (χ0v) is 34.3. The second kappa shape index (κ2) is 14.8. The highest BCUT2D eigenvalue weighted by Crippen LogP contribution is 2.55. The first-order valence-corrected chi connectivity index (χ1v) is 20.6. The van der Waals surface area contributed by atoms with Crippen LogP contribution in [0.4, 0.5) is 34.1 Å². The van der Waals surface area contributed by atoms with Crippen LogP contribution in [0.15, 0.2) is 194 Å². The Balaban J connectivity index is 1.23. The molecule has 290 valence electrons. The molecule has 0 spiro atoms. The first-order valence-electron chi connectivity index (χ1n) is 20.6. The Morgan fingerprint density at radius 2 is 0.800 bits per heavy atom. The van der Waals surface area contributed by atoms with Gasteiger partial charge in [0, 0.05) is 61.8 Å². The molecule has 1 N–H and O–H groups in total. The molecule has 4 nitrogen and oxygen atoms in total. The average Bonchev–Trinajstić information content (AvgIpc) is 3.51. The van der Waals surface area contributed by atoms with Gasteiger partial charge >= 0.3 is 0 Å². The minimum atomic E-state index is -1.56. The molecule has 1 aliphatic rings. The molecule has 0 fully saturated rings. The fourth-order valence-electron chi connectivity index (χ4n) is 9.05. The first-order chi connectivity index (χ1) is 29.2. The van der Waals surface area contributed by atoms with Gasteiger partial charge in [0.15, 0.2) is 0 Å². The number of aliphatic hydroxyl groups is 1. The van der Waals surface area contributed by atoms with Crippen LogP contribution in [-0.4, -0.2) is 10.1 Å². The van der Waals surface area contributed by atoms with Crippen LogP contribution in [0.1, 0.15) is 38.9 Å². The molecule has 4 heteroatoms. The lowest BCUT2D eigenvalue weighted by Crippen LogP contribution is -2.28. The van der Waals surface area contributed by atoms with Gasteiger partial charge in [0.1, 0.15) is 5.60 Å². The summed E-state index contributed by atoms with van der Waals surface area (Å²) >= 11 is 0. The third-order valence-corrected chi connectivity index (χ3v) is 11.8. The van der Waals surface area contributed by atoms with Gasteiger partial charge in [-0.05, 0) is 146 Å². The standard InChI is InChI=1S/C56H45N3O/c1-37-13-9-18-42(31-37)58(43-19-10-14-38(2)32-43)46-26-28-48-49-29-27-47(59(44-20-11-15-39(3)33-44)45-21-12-16-40(4)34-45)36-53(49)56(60,52(48)35-46)51-23-7-6-22-50(51)55-30-25-41-17-5-8-24-54(41)57-55/h5-36,60H,1-4H3. The van der Waals surface area contributed by atoms with E-state index in [-0.39, 0.29) is 0 Å². The molecule has 0 atom stereocenters. The van der Waals surface area contributed by atoms with Crippen molar-refractivity contribution in [2.24, 2.45) is 0 Å². The van der Waals surface area contributed by atoms with E-state index in [0.29, 0.717) is 0 Å². The molecule has 0 unspecified atom stereocenters. The summed E-state index contributed by atoms with van der Waals surface area (Å²) in [5, 5.41) is 15.2. The highest BCUT2D eigenvalue weighted by Gasteiger charge is 2.45. The van der Waals surface area contributed by atoms with Gasteiger partial charge in [-0.3, -0.25) is 0 Å². The molecule has 1 heterocycles. The van der Waals surface area contributed by atoms with E-state index in [4.69, 9.17) is 4.98 Å². The summed E-state index contributed by atoms with van der Waals surface area (Å²) < 4.78 is 0. The number of rotatable bonds is 8. The van der Waals surface area contributed by atoms with E-state index in [0.717, 1.165) is 84.1 Å². The average molecular weight is 776 g/mol. The number of fused-ring (bicyclic) bond motifs is 4. The van der Waals surface area contributed by atoms with Crippen molar-refractivity contribution in [2.75, 3.05) is 9.80 Å². The minimum absolute atomic E-state index is 0.775. The molecular formula is C56H45N3O. The van der Waals surface area contributed by atoms with Crippen molar-refractivity contribution >= 4 is 45.0 Å². The zero-order valence-electron chi connectivity index (χ0n) is 34.3. The van der Waals surface area contributed by atoms with Crippen LogP contribution in [-0.2, 0) is 5.60 Å². The van der Waals surface area contributed by atoms with Crippen molar-refractivity contribution in [1.29, 1.82) is 0 Å². The van der Waals surface area contributed by atoms with Gasteiger partial charge in [0.05, 0.1) is 11.2 Å². The Kier molecular flexibility index (Phi) is 9.16. The molecule has 0 bridgehead atoms. The monoisotopic (exact) mass is 775 g/mol. The van der Waals surface area contributed by atoms with Crippen LogP contribution in [0.5, 0.6) is 0 Å². The van der Waals surface area contributed by atoms with Gasteiger partial charge in [0.2, 0.25) is 0 Å². The molecular weight excluding hydrogens is 731 g/mol. The van der Waals surface area contributed by atoms with Crippen molar-refractivity contribution in [3.05, 3.63) is 233 Å². The molecule has 1 aromatic heterocycles. The predicted molar refractivity (Wildman–Crippen MR) is 249 cm³/mol. The number of pyridine rings is 1. The molecule has 1 aliphatic carbocycles. The molecule has 8 aromatic carbocycles. The van der Waals surface area contributed by atoms with Gasteiger partial charge in [0.25, 0.3) is 0 Å². The van der Waals surface area contributed by atoms with Gasteiger partial charge in [-0.1, -0.05) is 109 Å². The summed E-state index contributed by atoms with van der Waals surface area (Å²) in [6.45, 7) is 8.51. The van der Waals surface area contributed by atoms with Crippen LogP contribution in [0.25, 0.3) is 33.3 Å². The van der Waals surface area contributed by atoms with Crippen LogP contribution in [0, 0.1) is 27.7 Å². The van der Waals surface area contributed by atoms with E-state index in [2.05, 4.69) is 201 Å². The maximum Gasteiger partial charge on any atom is 0.142 e. The summed E-state index contributed by atoms with van der Waals surface area (Å²) in [6, 6.07) is 68.2. The van der Waals surface area contributed by atoms with E-state index in [1.165, 1.54) is 22.3 Å². The first kappa shape index (κ1) is 37.0. The number of hydrogen-bond donors (Lipinski definition) is 1. The van der Waals surface area contributed by atoms with E-state index in [1.54, 1.807) is 0 Å². The second-order valence-electron chi connectivity index (χ2n) is 16.1. The van der Waals surface area contributed by atoms with Crippen molar-refractivity contribution < 1.29 is 5.11 Å². The fourth-order valence-corrected chi connectivity index (χ4v) is 9.05. The number of anilines is 6. The Morgan fingerprint density at radius 1 is 0.367 bits per heavy atom. The normalized spacial score (nSPS) is 12.6. The number of aryl methyl sites for hydroxylation is 4. The van der Waals surface area contributed by atoms with Gasteiger partial charge in [-0.15, -0.1) is 0 Å². The third kappa shape index (κ3) is 6.43. The topological polar surface area (TPSA) is 39.6 Å². The number of aromatic nitrogens is 1. The second-order valence-corrected chi connectivity index (χ2v) is 16.1. The molecule has 0 saturated heterocycles. The number of benzene rings is 8. The smallest absolute Gasteiger partial charge is 0.142 e. The Labute approximate surface area is 352 Å². The van der Waals surface area contributed by atoms with Crippen molar-refractivity contribution in [3.8, 4) is 22.4 Å². The quantitative estimate of drug-likeness (QED) is 0.167. The van der Waals surface area contributed by atoms with Crippen LogP contribution >= 0.6 is 0 Å². The molecule has 0 amide bonds. The molecule has 0 saturated carbocycles. The molecule has 60 heavy (non-hydrogen) atoms. The van der Waals surface area contributed by atoms with Gasteiger partial charge in [-0.2, -0.15) is 0 Å². The summed E-state index contributed by atoms with van der Waals surface area (Å²) in [4.78, 5) is 9.77. The highest BCUT2D eigenvalue weighted by molar-refractivity contribution is 5.91. The minimum Gasteiger partial charge on any atom is -0.376 e. The Morgan fingerprint density at radius 3 is 1.28 bits per heavy atom. The molecule has 10 rings (SSSR count). The van der Waals surface area contributed by atoms with E-state index in [1.807, 2.05) is 30.3 Å². The number of nitrogens with zero attached hydrogens (tertiary/aromatic N) is 3. The van der Waals surface area contributed by atoms with Crippen molar-refractivity contribution in [3.63, 3.8) is 0 Å². The maximum absolute atomic E-state index is 14.1. The van der Waals surface area contributed by atoms with E-state index >= 15 is 0 Å². The summed E-state index contributed by atoms with van der Waals surface area (Å²) in [7, 11) is 0. The van der Waals surface area contributed by atoms with Crippen molar-refractivity contribution in [1.82, 2.24) is 4.98 Å². The maximum atomic E-state index is 14.1. The van der Waals surface area contributed by atoms with Gasteiger partial charge in [-0.25, -0.2) is 4.98 Å². The summed E-state index contributed by atoms with van der Waals surface area (Å²) in [5.74, 6) is 0. The van der Waals surface area contributed by atoms with Crippen LogP contribution in [0.2, 0.25) is 0 Å².